The quantitative estimate of drug-likeness (QED) is 0.377. The second kappa shape index (κ2) is 8.64. The van der Waals surface area contributed by atoms with E-state index in [2.05, 4.69) is 43.5 Å². The fourth-order valence-corrected chi connectivity index (χ4v) is 4.13. The highest BCUT2D eigenvalue weighted by Crippen LogP contribution is 2.24. The van der Waals surface area contributed by atoms with E-state index < -0.39 is 0 Å². The zero-order valence-electron chi connectivity index (χ0n) is 18.3. The fourth-order valence-electron chi connectivity index (χ4n) is 3.93. The Kier molecular flexibility index (Phi) is 5.52. The van der Waals surface area contributed by atoms with Crippen molar-refractivity contribution in [3.05, 3.63) is 99.7 Å². The number of halogens is 1. The third-order valence-corrected chi connectivity index (χ3v) is 6.01. The Balaban J connectivity index is 1.31. The molecular formula is C26H22ClN5O. The largest absolute Gasteiger partial charge is 0.348 e. The van der Waals surface area contributed by atoms with Crippen LogP contribution in [-0.4, -0.2) is 25.8 Å². The van der Waals surface area contributed by atoms with Crippen LogP contribution in [0.15, 0.2) is 61.1 Å². The molecule has 0 saturated carbocycles. The number of benzene rings is 1. The Morgan fingerprint density at radius 2 is 1.97 bits per heavy atom. The Bertz CT molecular complexity index is 1510. The summed E-state index contributed by atoms with van der Waals surface area (Å²) in [5.41, 5.74) is 7.13. The lowest BCUT2D eigenvalue weighted by atomic mass is 10.0. The molecule has 0 saturated heterocycles. The monoisotopic (exact) mass is 455 g/mol. The summed E-state index contributed by atoms with van der Waals surface area (Å²) in [7, 11) is 0. The van der Waals surface area contributed by atoms with E-state index in [0.717, 1.165) is 50.0 Å². The van der Waals surface area contributed by atoms with E-state index >= 15 is 0 Å². The number of nitrogens with one attached hydrogen (secondary N) is 2. The molecule has 0 bridgehead atoms. The molecule has 33 heavy (non-hydrogen) atoms. The van der Waals surface area contributed by atoms with Gasteiger partial charge < -0.3 is 10.3 Å². The number of carbonyl (C=O) groups is 1. The number of aromatic nitrogens is 4. The van der Waals surface area contributed by atoms with Gasteiger partial charge in [-0.25, -0.2) is 4.98 Å². The van der Waals surface area contributed by atoms with Gasteiger partial charge in [0.2, 0.25) is 0 Å². The summed E-state index contributed by atoms with van der Waals surface area (Å²) < 4.78 is 0. The van der Waals surface area contributed by atoms with Crippen LogP contribution in [0, 0.1) is 13.8 Å². The summed E-state index contributed by atoms with van der Waals surface area (Å²) >= 11 is 6.21. The predicted octanol–water partition coefficient (Wildman–Crippen LogP) is 5.30. The van der Waals surface area contributed by atoms with Crippen molar-refractivity contribution in [2.45, 2.75) is 26.8 Å². The van der Waals surface area contributed by atoms with Crippen molar-refractivity contribution in [1.29, 1.82) is 0 Å². The van der Waals surface area contributed by atoms with E-state index in [0.29, 0.717) is 23.6 Å². The Hall–Kier alpha value is -3.77. The van der Waals surface area contributed by atoms with Gasteiger partial charge >= 0.3 is 0 Å². The van der Waals surface area contributed by atoms with Gasteiger partial charge in [0.05, 0.1) is 10.5 Å². The Morgan fingerprint density at radius 1 is 1.09 bits per heavy atom. The number of fused-ring (bicyclic) bond motifs is 2. The molecule has 4 aromatic heterocycles. The minimum atomic E-state index is -0.156. The molecule has 0 atom stereocenters. The van der Waals surface area contributed by atoms with Crippen molar-refractivity contribution >= 4 is 39.4 Å². The molecule has 2 N–H and O–H groups in total. The molecule has 0 aliphatic rings. The number of pyridine rings is 3. The number of rotatable bonds is 5. The topological polar surface area (TPSA) is 83.6 Å². The van der Waals surface area contributed by atoms with Crippen molar-refractivity contribution < 1.29 is 4.79 Å². The summed E-state index contributed by atoms with van der Waals surface area (Å²) in [5.74, 6) is -0.156. The van der Waals surface area contributed by atoms with Gasteiger partial charge in [-0.05, 0) is 66.9 Å². The Labute approximate surface area is 196 Å². The van der Waals surface area contributed by atoms with E-state index in [4.69, 9.17) is 11.6 Å². The number of aromatic amines is 1. The average Bonchev–Trinajstić information content (AvgIpc) is 3.16. The number of hydrogen-bond donors (Lipinski definition) is 2. The first-order valence-corrected chi connectivity index (χ1v) is 11.1. The molecule has 164 valence electrons. The lowest BCUT2D eigenvalue weighted by molar-refractivity contribution is 0.0950. The zero-order valence-corrected chi connectivity index (χ0v) is 19.1. The molecular weight excluding hydrogens is 434 g/mol. The molecule has 5 aromatic rings. The third kappa shape index (κ3) is 4.43. The summed E-state index contributed by atoms with van der Waals surface area (Å²) in [6.45, 7) is 4.32. The van der Waals surface area contributed by atoms with Crippen molar-refractivity contribution in [2.75, 3.05) is 0 Å². The maximum absolute atomic E-state index is 12.8. The third-order valence-electron chi connectivity index (χ3n) is 5.70. The van der Waals surface area contributed by atoms with E-state index in [1.165, 1.54) is 0 Å². The predicted molar refractivity (Wildman–Crippen MR) is 131 cm³/mol. The first-order valence-electron chi connectivity index (χ1n) is 10.7. The van der Waals surface area contributed by atoms with Crippen molar-refractivity contribution in [1.82, 2.24) is 25.3 Å². The van der Waals surface area contributed by atoms with Crippen molar-refractivity contribution in [3.63, 3.8) is 0 Å². The van der Waals surface area contributed by atoms with Gasteiger partial charge in [0, 0.05) is 59.3 Å². The van der Waals surface area contributed by atoms with E-state index in [1.807, 2.05) is 38.2 Å². The van der Waals surface area contributed by atoms with Crippen LogP contribution in [0.4, 0.5) is 0 Å². The SMILES string of the molecule is Cc1cnc2ccc(Cc3cc(C(=O)NCc4cc5c(Cl)c[nH]c5nc4C)ccn3)cc2c1. The number of carbonyl (C=O) groups excluding carboxylic acids is 1. The number of aryl methyl sites for hydroxylation is 2. The molecule has 0 spiro atoms. The van der Waals surface area contributed by atoms with Gasteiger partial charge in [0.25, 0.3) is 5.91 Å². The summed E-state index contributed by atoms with van der Waals surface area (Å²) in [4.78, 5) is 29.3. The molecule has 5 rings (SSSR count). The summed E-state index contributed by atoms with van der Waals surface area (Å²) in [6.07, 6.45) is 5.90. The number of H-pyrrole nitrogens is 1. The molecule has 4 heterocycles. The number of hydrogen-bond acceptors (Lipinski definition) is 4. The molecule has 0 aliphatic carbocycles. The average molecular weight is 456 g/mol. The van der Waals surface area contributed by atoms with Crippen LogP contribution in [0.1, 0.15) is 38.4 Å². The van der Waals surface area contributed by atoms with Crippen LogP contribution in [0.25, 0.3) is 21.9 Å². The highest BCUT2D eigenvalue weighted by atomic mass is 35.5. The highest BCUT2D eigenvalue weighted by Gasteiger charge is 2.11. The van der Waals surface area contributed by atoms with E-state index in [-0.39, 0.29) is 5.91 Å². The standard InChI is InChI=1S/C26H22ClN5O/c1-15-7-19-8-17(3-4-24(19)29-12-15)9-21-10-18(5-6-28-21)26(33)31-13-20-11-22-23(27)14-30-25(22)32-16(20)2/h3-8,10-12,14H,9,13H2,1-2H3,(H,30,32)(H,31,33). The van der Waals surface area contributed by atoms with E-state index in [9.17, 15) is 4.79 Å². The zero-order chi connectivity index (χ0) is 22.9. The van der Waals surface area contributed by atoms with Gasteiger partial charge in [0.1, 0.15) is 5.65 Å². The van der Waals surface area contributed by atoms with Gasteiger partial charge in [-0.2, -0.15) is 0 Å². The van der Waals surface area contributed by atoms with Gasteiger partial charge in [-0.15, -0.1) is 0 Å². The van der Waals surface area contributed by atoms with Crippen LogP contribution < -0.4 is 5.32 Å². The fraction of sp³-hybridized carbons (Fsp3) is 0.154. The molecule has 0 fully saturated rings. The van der Waals surface area contributed by atoms with Crippen LogP contribution in [0.2, 0.25) is 5.02 Å². The number of nitrogens with zero attached hydrogens (tertiary/aromatic N) is 3. The second-order valence-electron chi connectivity index (χ2n) is 8.20. The maximum Gasteiger partial charge on any atom is 0.251 e. The maximum atomic E-state index is 12.8. The lowest BCUT2D eigenvalue weighted by Crippen LogP contribution is -2.23. The van der Waals surface area contributed by atoms with Crippen LogP contribution in [-0.2, 0) is 13.0 Å². The minimum absolute atomic E-state index is 0.156. The Morgan fingerprint density at radius 3 is 2.85 bits per heavy atom. The normalized spacial score (nSPS) is 11.2. The van der Waals surface area contributed by atoms with Gasteiger partial charge in [-0.1, -0.05) is 17.7 Å². The second-order valence-corrected chi connectivity index (χ2v) is 8.61. The van der Waals surface area contributed by atoms with Gasteiger partial charge in [-0.3, -0.25) is 14.8 Å². The molecule has 0 aliphatic heterocycles. The molecule has 6 nitrogen and oxygen atoms in total. The van der Waals surface area contributed by atoms with Gasteiger partial charge in [0.15, 0.2) is 0 Å². The highest BCUT2D eigenvalue weighted by molar-refractivity contribution is 6.35. The first-order chi connectivity index (χ1) is 16.0. The lowest BCUT2D eigenvalue weighted by Gasteiger charge is -2.09. The minimum Gasteiger partial charge on any atom is -0.348 e. The molecule has 1 amide bonds. The van der Waals surface area contributed by atoms with Crippen LogP contribution >= 0.6 is 11.6 Å². The van der Waals surface area contributed by atoms with E-state index in [1.54, 1.807) is 18.5 Å². The van der Waals surface area contributed by atoms with Crippen LogP contribution in [0.3, 0.4) is 0 Å². The van der Waals surface area contributed by atoms with Crippen LogP contribution in [0.5, 0.6) is 0 Å². The molecule has 0 unspecified atom stereocenters. The molecule has 0 radical (unpaired) electrons. The summed E-state index contributed by atoms with van der Waals surface area (Å²) in [5, 5.41) is 5.55. The molecule has 1 aromatic carbocycles. The summed E-state index contributed by atoms with van der Waals surface area (Å²) in [6, 6.07) is 13.8. The first kappa shape index (κ1) is 21.1. The van der Waals surface area contributed by atoms with Crippen molar-refractivity contribution in [2.24, 2.45) is 0 Å². The smallest absolute Gasteiger partial charge is 0.251 e. The van der Waals surface area contributed by atoms with Crippen molar-refractivity contribution in [3.8, 4) is 0 Å². The molecule has 7 heteroatoms. The number of amides is 1.